The summed E-state index contributed by atoms with van der Waals surface area (Å²) in [5, 5.41) is 16.0. The maximum absolute atomic E-state index is 10.5. The molecule has 0 aromatic rings. The van der Waals surface area contributed by atoms with E-state index in [0.717, 1.165) is 44.9 Å². The normalized spacial score (nSPS) is 10.0. The minimum atomic E-state index is -0.590. The molecule has 0 atom stereocenters. The van der Waals surface area contributed by atoms with E-state index in [1.54, 1.807) is 0 Å². The van der Waals surface area contributed by atoms with Crippen LogP contribution in [0.5, 0.6) is 0 Å². The fraction of sp³-hybridized carbons (Fsp3) is 0.818. The van der Waals surface area contributed by atoms with Crippen LogP contribution in [0.1, 0.15) is 57.8 Å². The molecular weight excluding hydrogens is 228 g/mol. The van der Waals surface area contributed by atoms with Crippen LogP contribution >= 0.6 is 0 Å². The summed E-state index contributed by atoms with van der Waals surface area (Å²) in [7, 11) is 0. The van der Waals surface area contributed by atoms with Crippen LogP contribution in [-0.2, 0) is 19.4 Å². The summed E-state index contributed by atoms with van der Waals surface area (Å²) in [6.07, 6.45) is 6.86. The van der Waals surface area contributed by atoms with Crippen molar-refractivity contribution in [2.75, 3.05) is 0 Å². The van der Waals surface area contributed by atoms with Crippen LogP contribution in [-0.4, -0.2) is 22.5 Å². The van der Waals surface area contributed by atoms with Gasteiger partial charge in [-0.25, -0.2) is 9.59 Å². The molecule has 0 radical (unpaired) electrons. The number of hydrogen-bond donors (Lipinski definition) is 2. The highest BCUT2D eigenvalue weighted by molar-refractivity contribution is 5.68. The summed E-state index contributed by atoms with van der Waals surface area (Å²) >= 11 is 0. The molecule has 0 fully saturated rings. The lowest BCUT2D eigenvalue weighted by atomic mass is 10.1. The molecule has 0 saturated heterocycles. The summed E-state index contributed by atoms with van der Waals surface area (Å²) in [6, 6.07) is 0. The summed E-state index contributed by atoms with van der Waals surface area (Å²) in [5.41, 5.74) is 0. The predicted octanol–water partition coefficient (Wildman–Crippen LogP) is 2.53. The van der Waals surface area contributed by atoms with Gasteiger partial charge >= 0.3 is 11.9 Å². The Morgan fingerprint density at radius 2 is 0.941 bits per heavy atom. The van der Waals surface area contributed by atoms with Crippen molar-refractivity contribution in [3.05, 3.63) is 0 Å². The lowest BCUT2D eigenvalue weighted by molar-refractivity contribution is -0.234. The van der Waals surface area contributed by atoms with Gasteiger partial charge in [0.1, 0.15) is 0 Å². The van der Waals surface area contributed by atoms with E-state index in [1.807, 2.05) is 0 Å². The van der Waals surface area contributed by atoms with E-state index in [1.165, 1.54) is 0 Å². The molecular formula is C11H20O6. The maximum atomic E-state index is 10.5. The van der Waals surface area contributed by atoms with Crippen LogP contribution in [0.2, 0.25) is 0 Å². The highest BCUT2D eigenvalue weighted by Crippen LogP contribution is 2.10. The second-order valence-electron chi connectivity index (χ2n) is 3.90. The molecule has 0 unspecified atom stereocenters. The van der Waals surface area contributed by atoms with Gasteiger partial charge in [-0.3, -0.25) is 0 Å². The van der Waals surface area contributed by atoms with Crippen molar-refractivity contribution in [3.8, 4) is 0 Å². The van der Waals surface area contributed by atoms with Crippen molar-refractivity contribution in [2.24, 2.45) is 0 Å². The minimum Gasteiger partial charge on any atom is -0.301 e. The van der Waals surface area contributed by atoms with Crippen molar-refractivity contribution in [2.45, 2.75) is 57.8 Å². The van der Waals surface area contributed by atoms with E-state index < -0.39 is 11.9 Å². The molecule has 17 heavy (non-hydrogen) atoms. The molecule has 2 N–H and O–H groups in total. The first-order valence-electron chi connectivity index (χ1n) is 5.89. The van der Waals surface area contributed by atoms with E-state index in [-0.39, 0.29) is 12.8 Å². The van der Waals surface area contributed by atoms with Crippen molar-refractivity contribution in [1.82, 2.24) is 0 Å². The first-order valence-corrected chi connectivity index (χ1v) is 5.89. The minimum absolute atomic E-state index is 0.249. The standard InChI is InChI=1S/C11H20O6/c12-10(16-14)8-6-4-2-1-3-5-7-9-11(13)17-15/h14-15H,1-9H2. The Labute approximate surface area is 100 Å². The van der Waals surface area contributed by atoms with Gasteiger partial charge in [-0.05, 0) is 12.8 Å². The van der Waals surface area contributed by atoms with Crippen LogP contribution in [0.3, 0.4) is 0 Å². The van der Waals surface area contributed by atoms with E-state index in [2.05, 4.69) is 9.78 Å². The average molecular weight is 248 g/mol. The first kappa shape index (κ1) is 15.9. The van der Waals surface area contributed by atoms with Crippen LogP contribution in [0.25, 0.3) is 0 Å². The zero-order valence-electron chi connectivity index (χ0n) is 9.89. The van der Waals surface area contributed by atoms with E-state index in [9.17, 15) is 9.59 Å². The fourth-order valence-corrected chi connectivity index (χ4v) is 1.51. The number of carbonyl (C=O) groups is 2. The van der Waals surface area contributed by atoms with Gasteiger partial charge in [0.15, 0.2) is 0 Å². The zero-order chi connectivity index (χ0) is 12.9. The Morgan fingerprint density at radius 3 is 1.24 bits per heavy atom. The van der Waals surface area contributed by atoms with Crippen molar-refractivity contribution < 1.29 is 29.9 Å². The third kappa shape index (κ3) is 11.1. The van der Waals surface area contributed by atoms with Crippen LogP contribution < -0.4 is 0 Å². The zero-order valence-corrected chi connectivity index (χ0v) is 9.89. The molecule has 0 bridgehead atoms. The Balaban J connectivity index is 3.08. The lowest BCUT2D eigenvalue weighted by Gasteiger charge is -2.00. The third-order valence-electron chi connectivity index (χ3n) is 2.47. The number of unbranched alkanes of at least 4 members (excludes halogenated alkanes) is 6. The Morgan fingerprint density at radius 1 is 0.647 bits per heavy atom. The molecule has 0 aromatic carbocycles. The Hall–Kier alpha value is -1.14. The quantitative estimate of drug-likeness (QED) is 0.350. The van der Waals surface area contributed by atoms with Gasteiger partial charge in [-0.2, -0.15) is 10.5 Å². The summed E-state index contributed by atoms with van der Waals surface area (Å²) in [6.45, 7) is 0. The molecule has 0 aliphatic heterocycles. The second-order valence-corrected chi connectivity index (χ2v) is 3.90. The van der Waals surface area contributed by atoms with Crippen molar-refractivity contribution in [3.63, 3.8) is 0 Å². The molecule has 0 saturated carbocycles. The van der Waals surface area contributed by atoms with E-state index >= 15 is 0 Å². The topological polar surface area (TPSA) is 93.1 Å². The molecule has 0 aliphatic rings. The average Bonchev–Trinajstić information content (AvgIpc) is 2.35. The molecule has 6 heteroatoms. The van der Waals surface area contributed by atoms with Gasteiger partial charge in [0.2, 0.25) is 0 Å². The van der Waals surface area contributed by atoms with Gasteiger partial charge in [-0.15, -0.1) is 0 Å². The summed E-state index contributed by atoms with van der Waals surface area (Å²) in [4.78, 5) is 28.2. The third-order valence-corrected chi connectivity index (χ3v) is 2.47. The molecule has 0 rings (SSSR count). The number of hydrogen-bond acceptors (Lipinski definition) is 6. The van der Waals surface area contributed by atoms with Gasteiger partial charge in [0, 0.05) is 12.8 Å². The smallest absolute Gasteiger partial charge is 0.301 e. The Bertz CT molecular complexity index is 194. The molecule has 6 nitrogen and oxygen atoms in total. The molecule has 0 aromatic heterocycles. The Kier molecular flexibility index (Phi) is 10.6. The van der Waals surface area contributed by atoms with E-state index in [4.69, 9.17) is 10.5 Å². The highest BCUT2D eigenvalue weighted by atomic mass is 17.1. The number of carbonyl (C=O) groups excluding carboxylic acids is 2. The predicted molar refractivity (Wildman–Crippen MR) is 59.0 cm³/mol. The van der Waals surface area contributed by atoms with Gasteiger partial charge in [0.05, 0.1) is 0 Å². The molecule has 0 aliphatic carbocycles. The number of rotatable bonds is 10. The van der Waals surface area contributed by atoms with Crippen molar-refractivity contribution >= 4 is 11.9 Å². The van der Waals surface area contributed by atoms with E-state index in [0.29, 0.717) is 0 Å². The molecule has 100 valence electrons. The lowest BCUT2D eigenvalue weighted by Crippen LogP contribution is -2.00. The van der Waals surface area contributed by atoms with Crippen LogP contribution in [0, 0.1) is 0 Å². The monoisotopic (exact) mass is 248 g/mol. The fourth-order valence-electron chi connectivity index (χ4n) is 1.51. The molecule has 0 spiro atoms. The summed E-state index contributed by atoms with van der Waals surface area (Å²) in [5.74, 6) is -1.18. The summed E-state index contributed by atoms with van der Waals surface area (Å²) < 4.78 is 0. The SMILES string of the molecule is O=C(CCCCCCCCCC(=O)OO)OO. The second kappa shape index (κ2) is 11.3. The highest BCUT2D eigenvalue weighted by Gasteiger charge is 2.02. The first-order chi connectivity index (χ1) is 8.20. The largest absolute Gasteiger partial charge is 0.342 e. The van der Waals surface area contributed by atoms with Gasteiger partial charge < -0.3 is 9.78 Å². The van der Waals surface area contributed by atoms with Crippen molar-refractivity contribution in [1.29, 1.82) is 0 Å². The molecule has 0 heterocycles. The van der Waals surface area contributed by atoms with Gasteiger partial charge in [-0.1, -0.05) is 32.1 Å². The maximum Gasteiger partial charge on any atom is 0.342 e. The van der Waals surface area contributed by atoms with Gasteiger partial charge in [0.25, 0.3) is 0 Å². The van der Waals surface area contributed by atoms with Crippen LogP contribution in [0.15, 0.2) is 0 Å². The van der Waals surface area contributed by atoms with Crippen LogP contribution in [0.4, 0.5) is 0 Å². The molecule has 0 amide bonds.